The lowest BCUT2D eigenvalue weighted by Gasteiger charge is -2.04. The monoisotopic (exact) mass is 353 g/mol. The zero-order valence-electron chi connectivity index (χ0n) is 12.5. The second-order valence-corrected chi connectivity index (χ2v) is 6.62. The van der Waals surface area contributed by atoms with Gasteiger partial charge in [-0.05, 0) is 17.7 Å². The molecular weight excluding hydrogens is 342 g/mol. The molecule has 2 aromatic carbocycles. The van der Waals surface area contributed by atoms with E-state index >= 15 is 0 Å². The third-order valence-electron chi connectivity index (χ3n) is 3.70. The first-order chi connectivity index (χ1) is 11.7. The van der Waals surface area contributed by atoms with Gasteiger partial charge in [0.25, 0.3) is 5.56 Å². The van der Waals surface area contributed by atoms with Crippen molar-refractivity contribution in [3.63, 3.8) is 0 Å². The van der Waals surface area contributed by atoms with E-state index in [0.717, 1.165) is 16.8 Å². The van der Waals surface area contributed by atoms with Crippen LogP contribution in [0.2, 0.25) is 5.02 Å². The number of halogens is 1. The van der Waals surface area contributed by atoms with E-state index in [-0.39, 0.29) is 5.56 Å². The summed E-state index contributed by atoms with van der Waals surface area (Å²) in [6.45, 7) is 0. The number of nitrogens with zero attached hydrogens (tertiary/aromatic N) is 3. The van der Waals surface area contributed by atoms with Gasteiger partial charge in [-0.25, -0.2) is 4.52 Å². The van der Waals surface area contributed by atoms with Crippen molar-refractivity contribution in [2.75, 3.05) is 0 Å². The Bertz CT molecular complexity index is 1060. The van der Waals surface area contributed by atoms with Crippen LogP contribution >= 0.6 is 22.9 Å². The van der Waals surface area contributed by atoms with Gasteiger partial charge in [0.1, 0.15) is 5.69 Å². The van der Waals surface area contributed by atoms with E-state index in [2.05, 4.69) is 10.1 Å². The van der Waals surface area contributed by atoms with Gasteiger partial charge in [-0.15, -0.1) is 11.3 Å². The van der Waals surface area contributed by atoms with Crippen molar-refractivity contribution in [3.8, 4) is 11.3 Å². The molecule has 0 atom stereocenters. The number of fused-ring (bicyclic) bond motifs is 1. The predicted molar refractivity (Wildman–Crippen MR) is 96.8 cm³/mol. The molecule has 0 saturated carbocycles. The van der Waals surface area contributed by atoms with Crippen LogP contribution in [0.4, 0.5) is 0 Å². The molecule has 0 bridgehead atoms. The summed E-state index contributed by atoms with van der Waals surface area (Å²) in [6.07, 6.45) is 0.464. The highest BCUT2D eigenvalue weighted by Crippen LogP contribution is 2.25. The first-order valence-corrected chi connectivity index (χ1v) is 8.64. The number of rotatable bonds is 3. The maximum Gasteiger partial charge on any atom is 0.296 e. The van der Waals surface area contributed by atoms with Gasteiger partial charge in [0, 0.05) is 22.4 Å². The number of hydrogen-bond donors (Lipinski definition) is 0. The zero-order valence-corrected chi connectivity index (χ0v) is 14.1. The molecule has 0 saturated heterocycles. The third kappa shape index (κ3) is 2.84. The maximum atomic E-state index is 12.2. The van der Waals surface area contributed by atoms with Crippen molar-refractivity contribution < 1.29 is 0 Å². The predicted octanol–water partition coefficient (Wildman–Crippen LogP) is 4.06. The minimum atomic E-state index is -0.275. The van der Waals surface area contributed by atoms with Crippen LogP contribution in [0.15, 0.2) is 64.8 Å². The molecule has 0 unspecified atom stereocenters. The Hall–Kier alpha value is -2.50. The smallest absolute Gasteiger partial charge is 0.265 e. The summed E-state index contributed by atoms with van der Waals surface area (Å²) in [4.78, 5) is 17.0. The van der Waals surface area contributed by atoms with Gasteiger partial charge >= 0.3 is 0 Å². The van der Waals surface area contributed by atoms with E-state index in [4.69, 9.17) is 11.6 Å². The summed E-state index contributed by atoms with van der Waals surface area (Å²) in [5, 5.41) is 7.18. The van der Waals surface area contributed by atoms with E-state index in [1.54, 1.807) is 4.52 Å². The van der Waals surface area contributed by atoms with Gasteiger partial charge in [0.05, 0.1) is 5.69 Å². The van der Waals surface area contributed by atoms with Crippen molar-refractivity contribution in [1.82, 2.24) is 14.6 Å². The average molecular weight is 354 g/mol. The van der Waals surface area contributed by atoms with Crippen LogP contribution in [0.5, 0.6) is 0 Å². The maximum absolute atomic E-state index is 12.2. The van der Waals surface area contributed by atoms with Crippen LogP contribution in [-0.2, 0) is 6.42 Å². The topological polar surface area (TPSA) is 47.3 Å². The Morgan fingerprint density at radius 1 is 1.04 bits per heavy atom. The van der Waals surface area contributed by atoms with E-state index in [0.29, 0.717) is 22.1 Å². The van der Waals surface area contributed by atoms with E-state index in [9.17, 15) is 4.79 Å². The van der Waals surface area contributed by atoms with Crippen LogP contribution in [0.1, 0.15) is 11.3 Å². The fourth-order valence-corrected chi connectivity index (χ4v) is 3.46. The van der Waals surface area contributed by atoms with E-state index in [1.807, 2.05) is 60.0 Å². The summed E-state index contributed by atoms with van der Waals surface area (Å²) in [5.41, 5.74) is 3.07. The van der Waals surface area contributed by atoms with Gasteiger partial charge in [0.15, 0.2) is 0 Å². The van der Waals surface area contributed by atoms with Gasteiger partial charge in [-0.1, -0.05) is 54.1 Å². The van der Waals surface area contributed by atoms with Gasteiger partial charge in [-0.3, -0.25) is 4.79 Å². The Balaban J connectivity index is 1.82. The highest BCUT2D eigenvalue weighted by molar-refractivity contribution is 7.15. The highest BCUT2D eigenvalue weighted by Gasteiger charge is 2.12. The lowest BCUT2D eigenvalue weighted by atomic mass is 10.1. The molecule has 0 aliphatic carbocycles. The second kappa shape index (κ2) is 6.19. The van der Waals surface area contributed by atoms with Crippen molar-refractivity contribution in [3.05, 3.63) is 86.6 Å². The molecule has 0 N–H and O–H groups in total. The Labute approximate surface area is 147 Å². The SMILES string of the molecule is O=c1nc2scc(-c3ccc(Cl)cc3)n2nc1Cc1ccccc1. The van der Waals surface area contributed by atoms with Gasteiger partial charge in [-0.2, -0.15) is 10.1 Å². The molecule has 4 nitrogen and oxygen atoms in total. The summed E-state index contributed by atoms with van der Waals surface area (Å²) in [6, 6.07) is 17.3. The molecule has 2 aromatic heterocycles. The summed E-state index contributed by atoms with van der Waals surface area (Å²) in [7, 11) is 0. The van der Waals surface area contributed by atoms with Gasteiger partial charge in [0.2, 0.25) is 4.96 Å². The van der Waals surface area contributed by atoms with Crippen molar-refractivity contribution in [1.29, 1.82) is 0 Å². The molecule has 0 fully saturated rings. The third-order valence-corrected chi connectivity index (χ3v) is 4.77. The number of thiazole rings is 1. The van der Waals surface area contributed by atoms with Crippen molar-refractivity contribution >= 4 is 27.9 Å². The largest absolute Gasteiger partial charge is 0.296 e. The summed E-state index contributed by atoms with van der Waals surface area (Å²) < 4.78 is 1.73. The average Bonchev–Trinajstić information content (AvgIpc) is 2.99. The lowest BCUT2D eigenvalue weighted by Crippen LogP contribution is -2.18. The van der Waals surface area contributed by atoms with Crippen LogP contribution in [0.25, 0.3) is 16.2 Å². The molecule has 4 rings (SSSR count). The molecule has 6 heteroatoms. The molecule has 4 aromatic rings. The minimum absolute atomic E-state index is 0.275. The number of hydrogen-bond acceptors (Lipinski definition) is 4. The number of benzene rings is 2. The Morgan fingerprint density at radius 3 is 2.54 bits per heavy atom. The van der Waals surface area contributed by atoms with Gasteiger partial charge < -0.3 is 0 Å². The molecule has 0 aliphatic rings. The summed E-state index contributed by atoms with van der Waals surface area (Å²) in [5.74, 6) is 0. The normalized spacial score (nSPS) is 11.0. The molecule has 0 amide bonds. The van der Waals surface area contributed by atoms with Crippen LogP contribution < -0.4 is 5.56 Å². The quantitative estimate of drug-likeness (QED) is 0.558. The molecule has 2 heterocycles. The second-order valence-electron chi connectivity index (χ2n) is 5.35. The standard InChI is InChI=1S/C18H12ClN3OS/c19-14-8-6-13(7-9-14)16-11-24-18-20-17(23)15(21-22(16)18)10-12-4-2-1-3-5-12/h1-9,11H,10H2. The van der Waals surface area contributed by atoms with Crippen molar-refractivity contribution in [2.45, 2.75) is 6.42 Å². The molecule has 0 radical (unpaired) electrons. The zero-order chi connectivity index (χ0) is 16.5. The van der Waals surface area contributed by atoms with Crippen LogP contribution in [-0.4, -0.2) is 14.6 Å². The lowest BCUT2D eigenvalue weighted by molar-refractivity contribution is 0.840. The van der Waals surface area contributed by atoms with Crippen LogP contribution in [0.3, 0.4) is 0 Å². The Kier molecular flexibility index (Phi) is 3.88. The Morgan fingerprint density at radius 2 is 1.79 bits per heavy atom. The van der Waals surface area contributed by atoms with E-state index < -0.39 is 0 Å². The number of aromatic nitrogens is 3. The fraction of sp³-hybridized carbons (Fsp3) is 0.0556. The highest BCUT2D eigenvalue weighted by atomic mass is 35.5. The van der Waals surface area contributed by atoms with Crippen molar-refractivity contribution in [2.24, 2.45) is 0 Å². The van der Waals surface area contributed by atoms with Crippen LogP contribution in [0, 0.1) is 0 Å². The first kappa shape index (κ1) is 15.1. The first-order valence-electron chi connectivity index (χ1n) is 7.38. The molecule has 24 heavy (non-hydrogen) atoms. The minimum Gasteiger partial charge on any atom is -0.265 e. The fourth-order valence-electron chi connectivity index (χ4n) is 2.51. The molecule has 0 aliphatic heterocycles. The molecular formula is C18H12ClN3OS. The molecule has 118 valence electrons. The van der Waals surface area contributed by atoms with E-state index in [1.165, 1.54) is 11.3 Å². The summed E-state index contributed by atoms with van der Waals surface area (Å²) >= 11 is 7.35. The molecule has 0 spiro atoms.